The van der Waals surface area contributed by atoms with E-state index in [1.165, 1.54) is 11.1 Å². The van der Waals surface area contributed by atoms with Crippen molar-refractivity contribution in [2.75, 3.05) is 32.8 Å². The number of esters is 2. The van der Waals surface area contributed by atoms with Crippen molar-refractivity contribution in [1.82, 2.24) is 4.90 Å². The number of benzene rings is 3. The van der Waals surface area contributed by atoms with Gasteiger partial charge in [-0.3, -0.25) is 9.79 Å². The molecule has 3 aromatic rings. The third-order valence-electron chi connectivity index (χ3n) is 9.22. The third-order valence-corrected chi connectivity index (χ3v) is 9.22. The summed E-state index contributed by atoms with van der Waals surface area (Å²) in [6.45, 7) is 8.41. The Hall–Kier alpha value is -4.54. The molecule has 0 bridgehead atoms. The molecule has 0 radical (unpaired) electrons. The monoisotopic (exact) mass is 603 g/mol. The molecule has 0 amide bonds. The van der Waals surface area contributed by atoms with Gasteiger partial charge < -0.3 is 14.4 Å². The van der Waals surface area contributed by atoms with Crippen molar-refractivity contribution in [3.63, 3.8) is 0 Å². The van der Waals surface area contributed by atoms with Crippen LogP contribution in [-0.2, 0) is 24.5 Å². The topological polar surface area (TPSA) is 92.0 Å². The Bertz CT molecular complexity index is 1560. The first-order valence-electron chi connectivity index (χ1n) is 15.8. The number of allylic oxidation sites excluding steroid dienone is 1. The van der Waals surface area contributed by atoms with Crippen LogP contribution in [0.25, 0.3) is 0 Å². The number of hydrogen-bond donors (Lipinski definition) is 0. The normalized spacial score (nSPS) is 19.7. The lowest BCUT2D eigenvalue weighted by molar-refractivity contribution is -0.146. The van der Waals surface area contributed by atoms with Gasteiger partial charge in [-0.1, -0.05) is 78.9 Å². The minimum absolute atomic E-state index is 0.0146. The van der Waals surface area contributed by atoms with E-state index >= 15 is 0 Å². The molecule has 1 saturated heterocycles. The molecule has 5 rings (SSSR count). The molecule has 0 N–H and O–H groups in total. The number of rotatable bonds is 10. The van der Waals surface area contributed by atoms with Crippen LogP contribution in [0.2, 0.25) is 0 Å². The first-order valence-corrected chi connectivity index (χ1v) is 15.8. The van der Waals surface area contributed by atoms with Crippen LogP contribution < -0.4 is 0 Å². The number of likely N-dealkylation sites (tertiary alicyclic amines) is 1. The molecule has 7 nitrogen and oxygen atoms in total. The molecular formula is C38H41N3O4. The molecule has 1 fully saturated rings. The molecule has 0 spiro atoms. The van der Waals surface area contributed by atoms with Gasteiger partial charge in [-0.05, 0) is 75.9 Å². The van der Waals surface area contributed by atoms with E-state index in [0.29, 0.717) is 34.5 Å². The van der Waals surface area contributed by atoms with Gasteiger partial charge in [-0.25, -0.2) is 4.79 Å². The van der Waals surface area contributed by atoms with Crippen LogP contribution in [0.3, 0.4) is 0 Å². The van der Waals surface area contributed by atoms with Gasteiger partial charge in [-0.15, -0.1) is 0 Å². The Balaban J connectivity index is 1.26. The Kier molecular flexibility index (Phi) is 10.3. The molecule has 45 heavy (non-hydrogen) atoms. The summed E-state index contributed by atoms with van der Waals surface area (Å²) in [5, 5.41) is 9.86. The van der Waals surface area contributed by atoms with E-state index < -0.39 is 23.8 Å². The van der Waals surface area contributed by atoms with E-state index in [-0.39, 0.29) is 18.6 Å². The molecule has 2 heterocycles. The lowest BCUT2D eigenvalue weighted by Gasteiger charge is -2.43. The molecule has 2 atom stereocenters. The smallest absolute Gasteiger partial charge is 0.336 e. The zero-order valence-corrected chi connectivity index (χ0v) is 26.4. The molecule has 2 aliphatic rings. The summed E-state index contributed by atoms with van der Waals surface area (Å²) >= 11 is 0. The zero-order valence-electron chi connectivity index (χ0n) is 26.4. The van der Waals surface area contributed by atoms with E-state index in [2.05, 4.69) is 76.6 Å². The highest BCUT2D eigenvalue weighted by Crippen LogP contribution is 2.43. The minimum Gasteiger partial charge on any atom is -0.465 e. The van der Waals surface area contributed by atoms with Crippen molar-refractivity contribution in [1.29, 1.82) is 5.26 Å². The predicted molar refractivity (Wildman–Crippen MR) is 175 cm³/mol. The highest BCUT2D eigenvalue weighted by Gasteiger charge is 2.43. The van der Waals surface area contributed by atoms with Crippen molar-refractivity contribution in [2.45, 2.75) is 51.4 Å². The van der Waals surface area contributed by atoms with Gasteiger partial charge in [0.15, 0.2) is 0 Å². The summed E-state index contributed by atoms with van der Waals surface area (Å²) in [5.41, 5.74) is 5.02. The minimum atomic E-state index is -0.825. The summed E-state index contributed by atoms with van der Waals surface area (Å²) < 4.78 is 11.2. The second kappa shape index (κ2) is 14.5. The van der Waals surface area contributed by atoms with Crippen molar-refractivity contribution >= 4 is 17.7 Å². The van der Waals surface area contributed by atoms with E-state index in [1.54, 1.807) is 45.0 Å². The van der Waals surface area contributed by atoms with Crippen LogP contribution in [0.1, 0.15) is 68.2 Å². The van der Waals surface area contributed by atoms with Gasteiger partial charge in [0.05, 0.1) is 30.4 Å². The molecule has 0 saturated carbocycles. The summed E-state index contributed by atoms with van der Waals surface area (Å²) in [4.78, 5) is 33.9. The van der Waals surface area contributed by atoms with Gasteiger partial charge in [0, 0.05) is 29.3 Å². The van der Waals surface area contributed by atoms with Crippen LogP contribution in [0.5, 0.6) is 0 Å². The molecule has 3 aromatic carbocycles. The fourth-order valence-corrected chi connectivity index (χ4v) is 6.99. The van der Waals surface area contributed by atoms with E-state index in [4.69, 9.17) is 9.47 Å². The van der Waals surface area contributed by atoms with Gasteiger partial charge in [0.25, 0.3) is 0 Å². The van der Waals surface area contributed by atoms with Crippen molar-refractivity contribution in [3.8, 4) is 6.07 Å². The van der Waals surface area contributed by atoms with Crippen LogP contribution in [0.4, 0.5) is 0 Å². The van der Waals surface area contributed by atoms with Crippen molar-refractivity contribution < 1.29 is 19.1 Å². The fraction of sp³-hybridized carbons (Fsp3) is 0.368. The second-order valence-corrected chi connectivity index (χ2v) is 11.8. The highest BCUT2D eigenvalue weighted by molar-refractivity contribution is 6.07. The number of hydrogen-bond acceptors (Lipinski definition) is 7. The average Bonchev–Trinajstić information content (AvgIpc) is 3.07. The van der Waals surface area contributed by atoms with Crippen LogP contribution >= 0.6 is 0 Å². The van der Waals surface area contributed by atoms with Gasteiger partial charge in [-0.2, -0.15) is 5.26 Å². The van der Waals surface area contributed by atoms with Crippen molar-refractivity contribution in [2.24, 2.45) is 10.9 Å². The summed E-state index contributed by atoms with van der Waals surface area (Å²) in [6.07, 6.45) is 2.71. The Morgan fingerprint density at radius 3 is 2.11 bits per heavy atom. The Morgan fingerprint density at radius 2 is 1.51 bits per heavy atom. The van der Waals surface area contributed by atoms with Crippen LogP contribution in [0.15, 0.2) is 101 Å². The first kappa shape index (κ1) is 31.9. The van der Waals surface area contributed by atoms with Crippen molar-refractivity contribution in [3.05, 3.63) is 118 Å². The summed E-state index contributed by atoms with van der Waals surface area (Å²) in [5.74, 6) is -2.53. The number of aliphatic imine (C=N–C) groups is 1. The number of carbonyl (C=O) groups excluding carboxylic acids is 2. The van der Waals surface area contributed by atoms with E-state index in [0.717, 1.165) is 32.5 Å². The molecule has 7 heteroatoms. The van der Waals surface area contributed by atoms with Gasteiger partial charge >= 0.3 is 11.9 Å². The number of carbonyl (C=O) groups is 2. The van der Waals surface area contributed by atoms with E-state index in [1.807, 2.05) is 0 Å². The van der Waals surface area contributed by atoms with Crippen LogP contribution in [0, 0.1) is 17.2 Å². The number of nitriles is 1. The molecule has 2 aliphatic heterocycles. The maximum Gasteiger partial charge on any atom is 0.336 e. The number of ether oxygens (including phenoxy) is 2. The van der Waals surface area contributed by atoms with E-state index in [9.17, 15) is 14.9 Å². The zero-order chi connectivity index (χ0) is 31.8. The second-order valence-electron chi connectivity index (χ2n) is 11.8. The van der Waals surface area contributed by atoms with Gasteiger partial charge in [0.1, 0.15) is 5.92 Å². The first-order chi connectivity index (χ1) is 21.9. The fourth-order valence-electron chi connectivity index (χ4n) is 6.99. The molecule has 232 valence electrons. The SMILES string of the molecule is CCOC(=O)C1C(C)=NC(C)=C(C(=O)OCCCN2CCC(c3ccccc3)(c3ccccc3)CC2)C1c1ccccc1C#N. The molecular weight excluding hydrogens is 562 g/mol. The lowest BCUT2D eigenvalue weighted by Crippen LogP contribution is -2.43. The molecule has 2 unspecified atom stereocenters. The number of piperidine rings is 1. The lowest BCUT2D eigenvalue weighted by atomic mass is 9.68. The third kappa shape index (κ3) is 6.77. The number of nitrogens with zero attached hydrogens (tertiary/aromatic N) is 3. The summed E-state index contributed by atoms with van der Waals surface area (Å²) in [6, 6.07) is 30.9. The highest BCUT2D eigenvalue weighted by atomic mass is 16.5. The quantitative estimate of drug-likeness (QED) is 0.192. The van der Waals surface area contributed by atoms with Gasteiger partial charge in [0.2, 0.25) is 0 Å². The maximum atomic E-state index is 13.7. The standard InChI is InChI=1S/C38H41N3O4/c1-4-44-36(42)33-27(2)40-28(3)34(35(33)32-19-12-11-14-29(32)26-39)37(43)45-25-13-22-41-23-20-38(21-24-41,30-15-7-5-8-16-30)31-17-9-6-10-18-31/h5-12,14-19,33,35H,4,13,20-25H2,1-3H3. The maximum absolute atomic E-state index is 13.7. The average molecular weight is 604 g/mol. The molecule has 0 aliphatic carbocycles. The van der Waals surface area contributed by atoms with Crippen LogP contribution in [-0.4, -0.2) is 55.4 Å². The predicted octanol–water partition coefficient (Wildman–Crippen LogP) is 6.59. The molecule has 0 aromatic heterocycles. The summed E-state index contributed by atoms with van der Waals surface area (Å²) in [7, 11) is 0. The Morgan fingerprint density at radius 1 is 0.911 bits per heavy atom. The largest absolute Gasteiger partial charge is 0.465 e. The Labute approximate surface area is 266 Å².